The molecular formula is C14H19N3O4S. The van der Waals surface area contributed by atoms with E-state index in [9.17, 15) is 8.42 Å². The summed E-state index contributed by atoms with van der Waals surface area (Å²) in [5, 5.41) is 3.78. The number of rotatable bonds is 5. The fourth-order valence-corrected chi connectivity index (χ4v) is 3.62. The summed E-state index contributed by atoms with van der Waals surface area (Å²) in [4.78, 5) is 2.86. The van der Waals surface area contributed by atoms with Gasteiger partial charge in [0.1, 0.15) is 5.75 Å². The van der Waals surface area contributed by atoms with E-state index in [0.717, 1.165) is 11.8 Å². The lowest BCUT2D eigenvalue weighted by Crippen LogP contribution is -2.33. The van der Waals surface area contributed by atoms with Crippen LogP contribution in [0.25, 0.3) is 10.4 Å². The highest BCUT2D eigenvalue weighted by molar-refractivity contribution is 7.86. The van der Waals surface area contributed by atoms with Gasteiger partial charge in [0, 0.05) is 16.9 Å². The summed E-state index contributed by atoms with van der Waals surface area (Å²) in [5.74, 6) is 0.478. The van der Waals surface area contributed by atoms with Crippen molar-refractivity contribution in [3.8, 4) is 5.75 Å². The van der Waals surface area contributed by atoms with Crippen molar-refractivity contribution in [3.05, 3.63) is 40.3 Å². The molecule has 0 aromatic heterocycles. The minimum absolute atomic E-state index is 0.167. The summed E-state index contributed by atoms with van der Waals surface area (Å²) in [5.41, 5.74) is 9.51. The highest BCUT2D eigenvalue weighted by Crippen LogP contribution is 2.40. The summed E-state index contributed by atoms with van der Waals surface area (Å²) >= 11 is 0. The second-order valence-corrected chi connectivity index (χ2v) is 6.96. The highest BCUT2D eigenvalue weighted by atomic mass is 32.2. The van der Waals surface area contributed by atoms with Crippen molar-refractivity contribution in [1.82, 2.24) is 0 Å². The minimum atomic E-state index is -3.56. The second kappa shape index (κ2) is 7.00. The molecule has 1 aromatic rings. The van der Waals surface area contributed by atoms with Crippen LogP contribution >= 0.6 is 0 Å². The minimum Gasteiger partial charge on any atom is -0.496 e. The van der Waals surface area contributed by atoms with Gasteiger partial charge < -0.3 is 4.74 Å². The van der Waals surface area contributed by atoms with Crippen molar-refractivity contribution >= 4 is 10.1 Å². The molecule has 0 spiro atoms. The van der Waals surface area contributed by atoms with E-state index in [4.69, 9.17) is 14.5 Å². The number of hydrogen-bond donors (Lipinski definition) is 0. The first kappa shape index (κ1) is 16.6. The van der Waals surface area contributed by atoms with E-state index in [-0.39, 0.29) is 12.0 Å². The Morgan fingerprint density at radius 1 is 1.32 bits per heavy atom. The van der Waals surface area contributed by atoms with Crippen molar-refractivity contribution in [2.75, 3.05) is 13.4 Å². The van der Waals surface area contributed by atoms with Gasteiger partial charge in [-0.15, -0.1) is 0 Å². The number of hydrogen-bond acceptors (Lipinski definition) is 5. The Morgan fingerprint density at radius 3 is 2.68 bits per heavy atom. The SMILES string of the molecule is COc1ccccc1[C@@H]1C[C@H](N=[N+]=[N-])CC[C@H]1OS(C)(=O)=O. The molecule has 1 aliphatic carbocycles. The summed E-state index contributed by atoms with van der Waals surface area (Å²) in [6, 6.07) is 7.26. The number of nitrogens with zero attached hydrogens (tertiary/aromatic N) is 3. The molecule has 8 heteroatoms. The van der Waals surface area contributed by atoms with Gasteiger partial charge in [-0.2, -0.15) is 8.42 Å². The third-order valence-corrected chi connectivity index (χ3v) is 4.41. The predicted octanol–water partition coefficient (Wildman–Crippen LogP) is 2.99. The Morgan fingerprint density at radius 2 is 2.05 bits per heavy atom. The molecule has 120 valence electrons. The van der Waals surface area contributed by atoms with Crippen molar-refractivity contribution < 1.29 is 17.3 Å². The Labute approximate surface area is 130 Å². The maximum Gasteiger partial charge on any atom is 0.264 e. The van der Waals surface area contributed by atoms with Crippen LogP contribution in [0.4, 0.5) is 0 Å². The molecule has 0 radical (unpaired) electrons. The molecule has 3 atom stereocenters. The van der Waals surface area contributed by atoms with E-state index in [1.54, 1.807) is 7.11 Å². The van der Waals surface area contributed by atoms with Crippen LogP contribution in [0.5, 0.6) is 5.75 Å². The highest BCUT2D eigenvalue weighted by Gasteiger charge is 2.35. The maximum absolute atomic E-state index is 11.5. The zero-order valence-electron chi connectivity index (χ0n) is 12.5. The number of para-hydroxylation sites is 1. The molecular weight excluding hydrogens is 306 g/mol. The Kier molecular flexibility index (Phi) is 5.28. The Bertz CT molecular complexity index is 670. The van der Waals surface area contributed by atoms with E-state index in [1.165, 1.54) is 0 Å². The third kappa shape index (κ3) is 4.13. The van der Waals surface area contributed by atoms with Crippen LogP contribution in [0.15, 0.2) is 29.4 Å². The smallest absolute Gasteiger partial charge is 0.264 e. The first-order chi connectivity index (χ1) is 10.4. The first-order valence-corrected chi connectivity index (χ1v) is 8.81. The van der Waals surface area contributed by atoms with Crippen LogP contribution in [0.1, 0.15) is 30.7 Å². The van der Waals surface area contributed by atoms with Crippen LogP contribution in [0, 0.1) is 0 Å². The van der Waals surface area contributed by atoms with Crippen LogP contribution in [-0.2, 0) is 14.3 Å². The molecule has 0 unspecified atom stereocenters. The molecule has 1 fully saturated rings. The van der Waals surface area contributed by atoms with Crippen LogP contribution in [-0.4, -0.2) is 33.9 Å². The van der Waals surface area contributed by atoms with Gasteiger partial charge in [-0.1, -0.05) is 23.3 Å². The normalized spacial score (nSPS) is 25.3. The molecule has 0 heterocycles. The standard InChI is InChI=1S/C14H19N3O4S/c1-20-13-6-4-3-5-11(13)12-9-10(16-17-15)7-8-14(12)21-22(2,18)19/h3-6,10,12,14H,7-9H2,1-2H3/t10-,12+,14-/m1/s1. The van der Waals surface area contributed by atoms with Crippen molar-refractivity contribution in [2.45, 2.75) is 37.3 Å². The van der Waals surface area contributed by atoms with E-state index < -0.39 is 16.2 Å². The predicted molar refractivity (Wildman–Crippen MR) is 82.2 cm³/mol. The fraction of sp³-hybridized carbons (Fsp3) is 0.571. The molecule has 0 N–H and O–H groups in total. The summed E-state index contributed by atoms with van der Waals surface area (Å²) in [6.07, 6.45) is 2.22. The van der Waals surface area contributed by atoms with Crippen LogP contribution < -0.4 is 4.74 Å². The first-order valence-electron chi connectivity index (χ1n) is 7.00. The molecule has 22 heavy (non-hydrogen) atoms. The second-order valence-electron chi connectivity index (χ2n) is 5.36. The van der Waals surface area contributed by atoms with Crippen molar-refractivity contribution in [1.29, 1.82) is 0 Å². The zero-order chi connectivity index (χ0) is 16.2. The number of azide groups is 1. The van der Waals surface area contributed by atoms with Gasteiger partial charge in [-0.25, -0.2) is 0 Å². The van der Waals surface area contributed by atoms with Gasteiger partial charge in [-0.3, -0.25) is 4.18 Å². The summed E-state index contributed by atoms with van der Waals surface area (Å²) < 4.78 is 33.6. The molecule has 0 aliphatic heterocycles. The average Bonchev–Trinajstić information content (AvgIpc) is 2.47. The lowest BCUT2D eigenvalue weighted by Gasteiger charge is -2.34. The zero-order valence-corrected chi connectivity index (χ0v) is 13.4. The summed E-state index contributed by atoms with van der Waals surface area (Å²) in [6.45, 7) is 0. The Hall–Kier alpha value is -1.76. The van der Waals surface area contributed by atoms with Crippen molar-refractivity contribution in [2.24, 2.45) is 5.11 Å². The van der Waals surface area contributed by atoms with Gasteiger partial charge >= 0.3 is 0 Å². The maximum atomic E-state index is 11.5. The van der Waals surface area contributed by atoms with Gasteiger partial charge in [0.15, 0.2) is 0 Å². The number of ether oxygens (including phenoxy) is 1. The van der Waals surface area contributed by atoms with Crippen LogP contribution in [0.3, 0.4) is 0 Å². The lowest BCUT2D eigenvalue weighted by atomic mass is 9.79. The molecule has 2 rings (SSSR count). The summed E-state index contributed by atoms with van der Waals surface area (Å²) in [7, 11) is -1.99. The quantitative estimate of drug-likeness (QED) is 0.359. The van der Waals surface area contributed by atoms with E-state index >= 15 is 0 Å². The molecule has 1 saturated carbocycles. The fourth-order valence-electron chi connectivity index (χ4n) is 2.94. The molecule has 1 aromatic carbocycles. The Balaban J connectivity index is 2.35. The van der Waals surface area contributed by atoms with Gasteiger partial charge in [0.05, 0.1) is 19.5 Å². The van der Waals surface area contributed by atoms with Gasteiger partial charge in [0.25, 0.3) is 10.1 Å². The number of methoxy groups -OCH3 is 1. The van der Waals surface area contributed by atoms with E-state index in [0.29, 0.717) is 25.0 Å². The van der Waals surface area contributed by atoms with Crippen molar-refractivity contribution in [3.63, 3.8) is 0 Å². The van der Waals surface area contributed by atoms with Crippen LogP contribution in [0.2, 0.25) is 0 Å². The van der Waals surface area contributed by atoms with Gasteiger partial charge in [0.2, 0.25) is 0 Å². The topological polar surface area (TPSA) is 101 Å². The molecule has 0 amide bonds. The van der Waals surface area contributed by atoms with E-state index in [1.807, 2.05) is 24.3 Å². The lowest BCUT2D eigenvalue weighted by molar-refractivity contribution is 0.129. The molecule has 0 bridgehead atoms. The van der Waals surface area contributed by atoms with E-state index in [2.05, 4.69) is 10.0 Å². The third-order valence-electron chi connectivity index (χ3n) is 3.81. The average molecular weight is 325 g/mol. The number of benzene rings is 1. The molecule has 1 aliphatic rings. The monoisotopic (exact) mass is 325 g/mol. The largest absolute Gasteiger partial charge is 0.496 e. The van der Waals surface area contributed by atoms with Gasteiger partial charge in [-0.05, 0) is 36.4 Å². The molecule has 0 saturated heterocycles. The molecule has 7 nitrogen and oxygen atoms in total.